The van der Waals surface area contributed by atoms with E-state index in [9.17, 15) is 13.2 Å². The van der Waals surface area contributed by atoms with E-state index in [4.69, 9.17) is 5.11 Å². The number of aromatic nitrogens is 2. The van der Waals surface area contributed by atoms with E-state index in [0.717, 1.165) is 12.8 Å². The third kappa shape index (κ3) is 2.41. The minimum absolute atomic E-state index is 0.0818. The van der Waals surface area contributed by atoms with E-state index in [-0.39, 0.29) is 23.8 Å². The molecule has 1 aromatic heterocycles. The predicted molar refractivity (Wildman–Crippen MR) is 67.4 cm³/mol. The lowest BCUT2D eigenvalue weighted by Crippen LogP contribution is -2.34. The van der Waals surface area contributed by atoms with E-state index >= 15 is 0 Å². The fourth-order valence-electron chi connectivity index (χ4n) is 1.89. The molecule has 7 nitrogen and oxygen atoms in total. The monoisotopic (exact) mass is 285 g/mol. The van der Waals surface area contributed by atoms with Crippen LogP contribution in [0.3, 0.4) is 0 Å². The second-order valence-electron chi connectivity index (χ2n) is 4.43. The van der Waals surface area contributed by atoms with Crippen molar-refractivity contribution in [2.24, 2.45) is 0 Å². The largest absolute Gasteiger partial charge is 0.478 e. The van der Waals surface area contributed by atoms with Crippen LogP contribution in [0.1, 0.15) is 28.9 Å². The third-order valence-electron chi connectivity index (χ3n) is 2.94. The number of H-pyrrole nitrogens is 1. The number of hydrogen-bond acceptors (Lipinski definition) is 4. The van der Waals surface area contributed by atoms with Crippen LogP contribution in [0.4, 0.5) is 0 Å². The molecule has 1 aliphatic rings. The van der Waals surface area contributed by atoms with Crippen LogP contribution in [0.5, 0.6) is 0 Å². The SMILES string of the molecule is C=CCN(C1CC1)S(=O)(=O)c1n[nH]c(C)c1C(=O)O. The number of aryl methyl sites for hydroxylation is 1. The zero-order chi connectivity index (χ0) is 14.2. The van der Waals surface area contributed by atoms with Crippen LogP contribution in [0.25, 0.3) is 0 Å². The van der Waals surface area contributed by atoms with Gasteiger partial charge in [-0.1, -0.05) is 6.08 Å². The molecular weight excluding hydrogens is 270 g/mol. The highest BCUT2D eigenvalue weighted by Gasteiger charge is 2.40. The van der Waals surface area contributed by atoms with Gasteiger partial charge in [0, 0.05) is 18.3 Å². The maximum atomic E-state index is 12.5. The Kier molecular flexibility index (Phi) is 3.46. The summed E-state index contributed by atoms with van der Waals surface area (Å²) in [5.74, 6) is -1.31. The summed E-state index contributed by atoms with van der Waals surface area (Å²) in [5, 5.41) is 14.7. The van der Waals surface area contributed by atoms with E-state index in [2.05, 4.69) is 16.8 Å². The van der Waals surface area contributed by atoms with Crippen LogP contribution in [0.2, 0.25) is 0 Å². The van der Waals surface area contributed by atoms with Crippen molar-refractivity contribution in [1.29, 1.82) is 0 Å². The number of nitrogens with zero attached hydrogens (tertiary/aromatic N) is 2. The van der Waals surface area contributed by atoms with Crippen LogP contribution in [0, 0.1) is 6.92 Å². The number of carboxylic acid groups (broad SMARTS) is 1. The molecule has 0 unspecified atom stereocenters. The van der Waals surface area contributed by atoms with Gasteiger partial charge in [0.2, 0.25) is 5.03 Å². The van der Waals surface area contributed by atoms with Crippen molar-refractivity contribution in [3.8, 4) is 0 Å². The highest BCUT2D eigenvalue weighted by Crippen LogP contribution is 2.32. The Hall–Kier alpha value is -1.67. The number of sulfonamides is 1. The fourth-order valence-corrected chi connectivity index (χ4v) is 3.68. The van der Waals surface area contributed by atoms with Gasteiger partial charge < -0.3 is 5.11 Å². The topological polar surface area (TPSA) is 103 Å². The smallest absolute Gasteiger partial charge is 0.340 e. The van der Waals surface area contributed by atoms with Gasteiger partial charge in [-0.05, 0) is 19.8 Å². The molecule has 1 aromatic rings. The first-order valence-corrected chi connectivity index (χ1v) is 7.24. The fraction of sp³-hybridized carbons (Fsp3) is 0.455. The number of carbonyl (C=O) groups is 1. The van der Waals surface area contributed by atoms with Gasteiger partial charge in [-0.25, -0.2) is 13.2 Å². The second kappa shape index (κ2) is 4.78. The Morgan fingerprint density at radius 1 is 1.63 bits per heavy atom. The van der Waals surface area contributed by atoms with Gasteiger partial charge in [-0.3, -0.25) is 5.10 Å². The summed E-state index contributed by atoms with van der Waals surface area (Å²) in [7, 11) is -3.92. The summed E-state index contributed by atoms with van der Waals surface area (Å²) < 4.78 is 26.2. The lowest BCUT2D eigenvalue weighted by molar-refractivity contribution is 0.0691. The lowest BCUT2D eigenvalue weighted by atomic mass is 10.3. The van der Waals surface area contributed by atoms with Crippen molar-refractivity contribution in [1.82, 2.24) is 14.5 Å². The van der Waals surface area contributed by atoms with Crippen molar-refractivity contribution < 1.29 is 18.3 Å². The molecule has 0 aromatic carbocycles. The van der Waals surface area contributed by atoms with E-state index in [0.29, 0.717) is 0 Å². The average Bonchev–Trinajstić information content (AvgIpc) is 3.07. The Morgan fingerprint density at radius 3 is 2.74 bits per heavy atom. The van der Waals surface area contributed by atoms with Crippen LogP contribution >= 0.6 is 0 Å². The number of carboxylic acids is 1. The molecule has 0 atom stereocenters. The quantitative estimate of drug-likeness (QED) is 0.751. The Labute approximate surface area is 111 Å². The summed E-state index contributed by atoms with van der Waals surface area (Å²) in [6.07, 6.45) is 3.04. The predicted octanol–water partition coefficient (Wildman–Crippen LogP) is 0.755. The normalized spacial score (nSPS) is 15.7. The van der Waals surface area contributed by atoms with Crippen LogP contribution in [0.15, 0.2) is 17.7 Å². The summed E-state index contributed by atoms with van der Waals surface area (Å²) in [5.41, 5.74) is -0.0739. The summed E-state index contributed by atoms with van der Waals surface area (Å²) in [6, 6.07) is -0.0818. The highest BCUT2D eigenvalue weighted by molar-refractivity contribution is 7.89. The maximum Gasteiger partial charge on any atom is 0.340 e. The van der Waals surface area contributed by atoms with E-state index < -0.39 is 21.0 Å². The van der Waals surface area contributed by atoms with E-state index in [1.54, 1.807) is 0 Å². The molecule has 0 saturated heterocycles. The number of aromatic carboxylic acids is 1. The average molecular weight is 285 g/mol. The summed E-state index contributed by atoms with van der Waals surface area (Å²) in [6.45, 7) is 5.16. The molecule has 2 rings (SSSR count). The van der Waals surface area contributed by atoms with Crippen molar-refractivity contribution >= 4 is 16.0 Å². The molecule has 0 radical (unpaired) electrons. The molecule has 0 spiro atoms. The Bertz CT molecular complexity index is 616. The molecule has 8 heteroatoms. The molecule has 0 bridgehead atoms. The van der Waals surface area contributed by atoms with Gasteiger partial charge in [0.05, 0.1) is 0 Å². The Balaban J connectivity index is 2.49. The summed E-state index contributed by atoms with van der Waals surface area (Å²) in [4.78, 5) is 11.2. The standard InChI is InChI=1S/C11H15N3O4S/c1-3-6-14(8-4-5-8)19(17,18)10-9(11(15)16)7(2)12-13-10/h3,8H,1,4-6H2,2H3,(H,12,13)(H,15,16). The molecule has 1 fully saturated rings. The maximum absolute atomic E-state index is 12.5. The van der Waals surface area contributed by atoms with Gasteiger partial charge in [-0.2, -0.15) is 9.40 Å². The molecule has 1 aliphatic carbocycles. The second-order valence-corrected chi connectivity index (χ2v) is 6.23. The minimum atomic E-state index is -3.92. The number of hydrogen-bond donors (Lipinski definition) is 2. The van der Waals surface area contributed by atoms with Crippen molar-refractivity contribution in [3.63, 3.8) is 0 Å². The lowest BCUT2D eigenvalue weighted by Gasteiger charge is -2.18. The number of rotatable bonds is 6. The van der Waals surface area contributed by atoms with Gasteiger partial charge in [0.1, 0.15) is 5.56 Å². The van der Waals surface area contributed by atoms with E-state index in [1.807, 2.05) is 0 Å². The third-order valence-corrected chi connectivity index (χ3v) is 4.79. The van der Waals surface area contributed by atoms with Crippen molar-refractivity contribution in [2.45, 2.75) is 30.8 Å². The molecule has 0 aliphatic heterocycles. The molecule has 0 amide bonds. The van der Waals surface area contributed by atoms with E-state index in [1.165, 1.54) is 17.3 Å². The first-order valence-electron chi connectivity index (χ1n) is 5.80. The first kappa shape index (κ1) is 13.8. The van der Waals surface area contributed by atoms with Gasteiger partial charge in [-0.15, -0.1) is 6.58 Å². The van der Waals surface area contributed by atoms with Gasteiger partial charge >= 0.3 is 5.97 Å². The molecule has 19 heavy (non-hydrogen) atoms. The van der Waals surface area contributed by atoms with Crippen molar-refractivity contribution in [2.75, 3.05) is 6.54 Å². The summed E-state index contributed by atoms with van der Waals surface area (Å²) >= 11 is 0. The molecule has 1 heterocycles. The minimum Gasteiger partial charge on any atom is -0.478 e. The first-order chi connectivity index (χ1) is 8.89. The van der Waals surface area contributed by atoms with Crippen LogP contribution in [-0.2, 0) is 10.0 Å². The van der Waals surface area contributed by atoms with Gasteiger partial charge in [0.25, 0.3) is 10.0 Å². The zero-order valence-electron chi connectivity index (χ0n) is 10.5. The molecule has 104 valence electrons. The van der Waals surface area contributed by atoms with Gasteiger partial charge in [0.15, 0.2) is 0 Å². The number of nitrogens with one attached hydrogen (secondary N) is 1. The highest BCUT2D eigenvalue weighted by atomic mass is 32.2. The molecule has 2 N–H and O–H groups in total. The Morgan fingerprint density at radius 2 is 2.26 bits per heavy atom. The molecular formula is C11H15N3O4S. The number of aromatic amines is 1. The van der Waals surface area contributed by atoms with Crippen molar-refractivity contribution in [3.05, 3.63) is 23.9 Å². The van der Waals surface area contributed by atoms with Crippen LogP contribution in [-0.4, -0.2) is 46.6 Å². The molecule has 1 saturated carbocycles. The van der Waals surface area contributed by atoms with Crippen LogP contribution < -0.4 is 0 Å². The zero-order valence-corrected chi connectivity index (χ0v) is 11.3.